The molecule has 0 atom stereocenters. The summed E-state index contributed by atoms with van der Waals surface area (Å²) in [6.07, 6.45) is 0. The Hall–Kier alpha value is -2.40. The van der Waals surface area contributed by atoms with Gasteiger partial charge in [-0.3, -0.25) is 10.1 Å². The van der Waals surface area contributed by atoms with E-state index in [2.05, 4.69) is 31.4 Å². The van der Waals surface area contributed by atoms with Crippen molar-refractivity contribution >= 4 is 28.9 Å². The minimum absolute atomic E-state index is 0.0513. The first-order chi connectivity index (χ1) is 11.3. The van der Waals surface area contributed by atoms with Gasteiger partial charge in [-0.1, -0.05) is 45.0 Å². The van der Waals surface area contributed by atoms with E-state index in [0.29, 0.717) is 17.0 Å². The van der Waals surface area contributed by atoms with Crippen LogP contribution >= 0.6 is 12.2 Å². The molecule has 0 saturated heterocycles. The van der Waals surface area contributed by atoms with Crippen molar-refractivity contribution in [1.82, 2.24) is 5.32 Å². The molecule has 24 heavy (non-hydrogen) atoms. The molecule has 5 heteroatoms. The summed E-state index contributed by atoms with van der Waals surface area (Å²) >= 11 is 5.21. The van der Waals surface area contributed by atoms with Gasteiger partial charge in [0.05, 0.1) is 12.8 Å². The molecule has 0 saturated carbocycles. The van der Waals surface area contributed by atoms with Gasteiger partial charge in [0.2, 0.25) is 0 Å². The molecule has 0 spiro atoms. The first-order valence-electron chi connectivity index (χ1n) is 7.67. The number of anilines is 1. The van der Waals surface area contributed by atoms with Gasteiger partial charge in [-0.25, -0.2) is 0 Å². The molecule has 0 radical (unpaired) electrons. The zero-order valence-corrected chi connectivity index (χ0v) is 15.2. The van der Waals surface area contributed by atoms with Crippen molar-refractivity contribution < 1.29 is 9.53 Å². The number of hydrogen-bond acceptors (Lipinski definition) is 3. The normalized spacial score (nSPS) is 10.8. The fraction of sp³-hybridized carbons (Fsp3) is 0.263. The predicted octanol–water partition coefficient (Wildman–Crippen LogP) is 4.12. The van der Waals surface area contributed by atoms with Crippen molar-refractivity contribution in [3.05, 3.63) is 59.7 Å². The molecule has 0 aliphatic heterocycles. The van der Waals surface area contributed by atoms with Crippen LogP contribution in [0.25, 0.3) is 0 Å². The van der Waals surface area contributed by atoms with E-state index >= 15 is 0 Å². The van der Waals surface area contributed by atoms with Gasteiger partial charge in [0.25, 0.3) is 5.91 Å². The summed E-state index contributed by atoms with van der Waals surface area (Å²) in [6.45, 7) is 6.40. The Bertz CT molecular complexity index is 734. The van der Waals surface area contributed by atoms with Crippen LogP contribution in [0, 0.1) is 0 Å². The van der Waals surface area contributed by atoms with E-state index < -0.39 is 0 Å². The Kier molecular flexibility index (Phi) is 5.57. The third-order valence-corrected chi connectivity index (χ3v) is 3.80. The number of ether oxygens (including phenoxy) is 1. The molecule has 2 aromatic rings. The summed E-state index contributed by atoms with van der Waals surface area (Å²) in [5.74, 6) is 0.409. The van der Waals surface area contributed by atoms with Gasteiger partial charge in [-0.05, 0) is 47.5 Å². The molecular weight excluding hydrogens is 320 g/mol. The van der Waals surface area contributed by atoms with Gasteiger partial charge in [0, 0.05) is 5.56 Å². The van der Waals surface area contributed by atoms with Crippen LogP contribution in [-0.2, 0) is 5.41 Å². The fourth-order valence-electron chi connectivity index (χ4n) is 2.20. The average Bonchev–Trinajstić information content (AvgIpc) is 2.54. The highest BCUT2D eigenvalue weighted by atomic mass is 32.1. The maximum Gasteiger partial charge on any atom is 0.257 e. The number of carbonyl (C=O) groups excluding carboxylic acids is 1. The van der Waals surface area contributed by atoms with E-state index in [9.17, 15) is 4.79 Å². The van der Waals surface area contributed by atoms with E-state index in [4.69, 9.17) is 17.0 Å². The Labute approximate surface area is 148 Å². The summed E-state index contributed by atoms with van der Waals surface area (Å²) < 4.78 is 5.25. The minimum Gasteiger partial charge on any atom is -0.495 e. The smallest absolute Gasteiger partial charge is 0.257 e. The third kappa shape index (κ3) is 4.55. The largest absolute Gasteiger partial charge is 0.495 e. The van der Waals surface area contributed by atoms with Gasteiger partial charge < -0.3 is 10.1 Å². The lowest BCUT2D eigenvalue weighted by Gasteiger charge is -2.19. The molecule has 0 aliphatic rings. The SMILES string of the molecule is COc1ccccc1NC(=S)NC(=O)c1ccc(C(C)(C)C)cc1. The van der Waals surface area contributed by atoms with Crippen LogP contribution in [0.2, 0.25) is 0 Å². The van der Waals surface area contributed by atoms with Crippen molar-refractivity contribution in [3.8, 4) is 5.75 Å². The van der Waals surface area contributed by atoms with Crippen LogP contribution in [0.3, 0.4) is 0 Å². The Balaban J connectivity index is 2.02. The topological polar surface area (TPSA) is 50.4 Å². The standard InChI is InChI=1S/C19H22N2O2S/c1-19(2,3)14-11-9-13(10-12-14)17(22)21-18(24)20-15-7-5-6-8-16(15)23-4/h5-12H,1-4H3,(H2,20,21,22,24). The van der Waals surface area contributed by atoms with Gasteiger partial charge >= 0.3 is 0 Å². The molecule has 2 aromatic carbocycles. The highest BCUT2D eigenvalue weighted by Gasteiger charge is 2.15. The van der Waals surface area contributed by atoms with Crippen molar-refractivity contribution in [3.63, 3.8) is 0 Å². The van der Waals surface area contributed by atoms with Gasteiger partial charge in [-0.2, -0.15) is 0 Å². The van der Waals surface area contributed by atoms with Crippen LogP contribution in [-0.4, -0.2) is 18.1 Å². The number of hydrogen-bond donors (Lipinski definition) is 2. The van der Waals surface area contributed by atoms with Gasteiger partial charge in [0.15, 0.2) is 5.11 Å². The summed E-state index contributed by atoms with van der Waals surface area (Å²) in [7, 11) is 1.58. The van der Waals surface area contributed by atoms with Crippen LogP contribution < -0.4 is 15.4 Å². The van der Waals surface area contributed by atoms with Crippen molar-refractivity contribution in [2.45, 2.75) is 26.2 Å². The van der Waals surface area contributed by atoms with Gasteiger partial charge in [-0.15, -0.1) is 0 Å². The summed E-state index contributed by atoms with van der Waals surface area (Å²) in [5, 5.41) is 5.88. The molecule has 0 aliphatic carbocycles. The van der Waals surface area contributed by atoms with E-state index in [1.54, 1.807) is 7.11 Å². The van der Waals surface area contributed by atoms with E-state index in [1.807, 2.05) is 48.5 Å². The highest BCUT2D eigenvalue weighted by molar-refractivity contribution is 7.80. The average molecular weight is 342 g/mol. The summed E-state index contributed by atoms with van der Waals surface area (Å²) in [4.78, 5) is 12.3. The van der Waals surface area contributed by atoms with E-state index in [0.717, 1.165) is 0 Å². The molecule has 0 fully saturated rings. The zero-order chi connectivity index (χ0) is 17.7. The number of amides is 1. The Morgan fingerprint density at radius 2 is 1.67 bits per heavy atom. The molecule has 1 amide bonds. The van der Waals surface area contributed by atoms with Crippen LogP contribution in [0.1, 0.15) is 36.7 Å². The summed E-state index contributed by atoms with van der Waals surface area (Å²) in [6, 6.07) is 14.9. The zero-order valence-electron chi connectivity index (χ0n) is 14.3. The predicted molar refractivity (Wildman–Crippen MR) is 102 cm³/mol. The molecule has 126 valence electrons. The van der Waals surface area contributed by atoms with Crippen LogP contribution in [0.5, 0.6) is 5.75 Å². The molecular formula is C19H22N2O2S. The number of thiocarbonyl (C=S) groups is 1. The maximum absolute atomic E-state index is 12.3. The second-order valence-corrected chi connectivity index (χ2v) is 6.84. The first kappa shape index (κ1) is 17.9. The Morgan fingerprint density at radius 1 is 1.04 bits per heavy atom. The molecule has 0 heterocycles. The van der Waals surface area contributed by atoms with Crippen molar-refractivity contribution in [2.75, 3.05) is 12.4 Å². The number of methoxy groups -OCH3 is 1. The number of para-hydroxylation sites is 2. The lowest BCUT2D eigenvalue weighted by molar-refractivity contribution is 0.0977. The number of nitrogens with one attached hydrogen (secondary N) is 2. The van der Waals surface area contributed by atoms with Crippen molar-refractivity contribution in [2.24, 2.45) is 0 Å². The Morgan fingerprint density at radius 3 is 2.25 bits per heavy atom. The first-order valence-corrected chi connectivity index (χ1v) is 8.08. The monoisotopic (exact) mass is 342 g/mol. The molecule has 0 unspecified atom stereocenters. The van der Waals surface area contributed by atoms with Gasteiger partial charge in [0.1, 0.15) is 5.75 Å². The lowest BCUT2D eigenvalue weighted by atomic mass is 9.87. The molecule has 0 aromatic heterocycles. The van der Waals surface area contributed by atoms with Crippen LogP contribution in [0.4, 0.5) is 5.69 Å². The molecule has 0 bridgehead atoms. The third-order valence-electron chi connectivity index (χ3n) is 3.60. The summed E-state index contributed by atoms with van der Waals surface area (Å²) in [5.41, 5.74) is 2.49. The maximum atomic E-state index is 12.3. The number of carbonyl (C=O) groups is 1. The quantitative estimate of drug-likeness (QED) is 0.824. The number of benzene rings is 2. The second kappa shape index (κ2) is 7.45. The highest BCUT2D eigenvalue weighted by Crippen LogP contribution is 2.23. The lowest BCUT2D eigenvalue weighted by Crippen LogP contribution is -2.34. The van der Waals surface area contributed by atoms with E-state index in [1.165, 1.54) is 5.56 Å². The molecule has 2 rings (SSSR count). The van der Waals surface area contributed by atoms with Crippen LogP contribution in [0.15, 0.2) is 48.5 Å². The fourth-order valence-corrected chi connectivity index (χ4v) is 2.40. The molecule has 2 N–H and O–H groups in total. The van der Waals surface area contributed by atoms with Crippen molar-refractivity contribution in [1.29, 1.82) is 0 Å². The van der Waals surface area contributed by atoms with E-state index in [-0.39, 0.29) is 16.4 Å². The second-order valence-electron chi connectivity index (χ2n) is 6.44. The minimum atomic E-state index is -0.247. The number of rotatable bonds is 3. The molecule has 4 nitrogen and oxygen atoms in total.